The van der Waals surface area contributed by atoms with Crippen LogP contribution < -0.4 is 4.90 Å². The zero-order valence-electron chi connectivity index (χ0n) is 11.6. The van der Waals surface area contributed by atoms with E-state index in [2.05, 4.69) is 51.3 Å². The number of likely N-dealkylation sites (N-methyl/N-ethyl adjacent to an activating group) is 1. The first-order chi connectivity index (χ1) is 9.81. The summed E-state index contributed by atoms with van der Waals surface area (Å²) in [5, 5.41) is 8.83. The fourth-order valence-electron chi connectivity index (χ4n) is 3.39. The summed E-state index contributed by atoms with van der Waals surface area (Å²) in [4.78, 5) is 4.86. The summed E-state index contributed by atoms with van der Waals surface area (Å²) in [6.07, 6.45) is 1.26. The molecule has 0 saturated carbocycles. The van der Waals surface area contributed by atoms with Crippen molar-refractivity contribution in [3.63, 3.8) is 0 Å². The Hall–Kier alpha value is -1.94. The summed E-state index contributed by atoms with van der Waals surface area (Å²) in [7, 11) is 2.21. The quantitative estimate of drug-likeness (QED) is 0.832. The SMILES string of the molecule is CN1CC2C[C@H]1CN2c1ccc(-c2ccccc2)nn1. The summed E-state index contributed by atoms with van der Waals surface area (Å²) in [5.74, 6) is 1.02. The molecule has 102 valence electrons. The summed E-state index contributed by atoms with van der Waals surface area (Å²) in [6.45, 7) is 2.23. The predicted molar refractivity (Wildman–Crippen MR) is 79.6 cm³/mol. The number of rotatable bonds is 2. The molecule has 2 aliphatic rings. The lowest BCUT2D eigenvalue weighted by Gasteiger charge is -2.32. The third-order valence-corrected chi connectivity index (χ3v) is 4.53. The van der Waals surface area contributed by atoms with E-state index in [1.54, 1.807) is 0 Å². The Balaban J connectivity index is 1.57. The molecule has 3 heterocycles. The highest BCUT2D eigenvalue weighted by molar-refractivity contribution is 5.59. The first-order valence-corrected chi connectivity index (χ1v) is 7.17. The minimum Gasteiger partial charge on any atom is -0.349 e. The zero-order valence-corrected chi connectivity index (χ0v) is 11.6. The summed E-state index contributed by atoms with van der Waals surface area (Å²) in [5.41, 5.74) is 2.06. The molecular weight excluding hydrogens is 248 g/mol. The minimum absolute atomic E-state index is 0.613. The van der Waals surface area contributed by atoms with Crippen LogP contribution in [0.3, 0.4) is 0 Å². The number of aromatic nitrogens is 2. The second kappa shape index (κ2) is 4.56. The Bertz CT molecular complexity index is 594. The molecule has 2 saturated heterocycles. The average molecular weight is 266 g/mol. The summed E-state index contributed by atoms with van der Waals surface area (Å²) in [6, 6.07) is 15.7. The fourth-order valence-corrected chi connectivity index (χ4v) is 3.39. The van der Waals surface area contributed by atoms with Crippen LogP contribution in [0.25, 0.3) is 11.3 Å². The fraction of sp³-hybridized carbons (Fsp3) is 0.375. The molecule has 2 bridgehead atoms. The molecule has 0 aliphatic carbocycles. The molecule has 2 fully saturated rings. The molecule has 4 heteroatoms. The van der Waals surface area contributed by atoms with Crippen molar-refractivity contribution in [2.24, 2.45) is 0 Å². The van der Waals surface area contributed by atoms with Crippen LogP contribution in [0.2, 0.25) is 0 Å². The van der Waals surface area contributed by atoms with E-state index in [0.29, 0.717) is 12.1 Å². The van der Waals surface area contributed by atoms with Gasteiger partial charge in [-0.15, -0.1) is 10.2 Å². The monoisotopic (exact) mass is 266 g/mol. The molecule has 1 aromatic carbocycles. The standard InChI is InChI=1S/C16H18N4/c1-19-10-14-9-13(19)11-20(14)16-8-7-15(17-18-16)12-5-3-2-4-6-12/h2-8,13-14H,9-11H2,1H3/t13-,14?/m0/s1. The average Bonchev–Trinajstić information content (AvgIpc) is 3.07. The van der Waals surface area contributed by atoms with E-state index in [1.807, 2.05) is 18.2 Å². The lowest BCUT2D eigenvalue weighted by molar-refractivity contribution is 0.292. The molecule has 2 aliphatic heterocycles. The third kappa shape index (κ3) is 1.88. The van der Waals surface area contributed by atoms with E-state index in [0.717, 1.165) is 30.2 Å². The van der Waals surface area contributed by atoms with Crippen molar-refractivity contribution in [1.29, 1.82) is 0 Å². The Morgan fingerprint density at radius 1 is 0.950 bits per heavy atom. The number of likely N-dealkylation sites (tertiary alicyclic amines) is 1. The Morgan fingerprint density at radius 2 is 1.80 bits per heavy atom. The first-order valence-electron chi connectivity index (χ1n) is 7.17. The van der Waals surface area contributed by atoms with Gasteiger partial charge in [0.2, 0.25) is 0 Å². The van der Waals surface area contributed by atoms with Crippen LogP contribution in [-0.4, -0.2) is 47.3 Å². The largest absolute Gasteiger partial charge is 0.349 e. The molecule has 1 aromatic heterocycles. The van der Waals surface area contributed by atoms with Crippen LogP contribution in [0, 0.1) is 0 Å². The number of hydrogen-bond acceptors (Lipinski definition) is 4. The summed E-state index contributed by atoms with van der Waals surface area (Å²) >= 11 is 0. The van der Waals surface area contributed by atoms with Crippen LogP contribution >= 0.6 is 0 Å². The number of benzene rings is 1. The summed E-state index contributed by atoms with van der Waals surface area (Å²) < 4.78 is 0. The molecular formula is C16H18N4. The maximum atomic E-state index is 4.44. The maximum Gasteiger partial charge on any atom is 0.151 e. The lowest BCUT2D eigenvalue weighted by atomic mass is 10.1. The number of hydrogen-bond donors (Lipinski definition) is 0. The molecule has 20 heavy (non-hydrogen) atoms. The van der Waals surface area contributed by atoms with Crippen LogP contribution in [0.5, 0.6) is 0 Å². The normalized spacial score (nSPS) is 25.4. The highest BCUT2D eigenvalue weighted by Gasteiger charge is 2.41. The maximum absolute atomic E-state index is 4.44. The van der Waals surface area contributed by atoms with Gasteiger partial charge in [-0.25, -0.2) is 0 Å². The van der Waals surface area contributed by atoms with Crippen molar-refractivity contribution < 1.29 is 0 Å². The topological polar surface area (TPSA) is 32.3 Å². The Morgan fingerprint density at radius 3 is 2.40 bits per heavy atom. The molecule has 2 atom stereocenters. The smallest absolute Gasteiger partial charge is 0.151 e. The third-order valence-electron chi connectivity index (χ3n) is 4.53. The van der Waals surface area contributed by atoms with Gasteiger partial charge in [0.1, 0.15) is 0 Å². The first kappa shape index (κ1) is 11.9. The van der Waals surface area contributed by atoms with Gasteiger partial charge in [0, 0.05) is 30.7 Å². The van der Waals surface area contributed by atoms with Gasteiger partial charge in [-0.3, -0.25) is 4.90 Å². The molecule has 0 amide bonds. The van der Waals surface area contributed by atoms with E-state index in [9.17, 15) is 0 Å². The van der Waals surface area contributed by atoms with Gasteiger partial charge < -0.3 is 4.90 Å². The number of anilines is 1. The molecule has 4 nitrogen and oxygen atoms in total. The van der Waals surface area contributed by atoms with Gasteiger partial charge in [-0.2, -0.15) is 0 Å². The predicted octanol–water partition coefficient (Wildman–Crippen LogP) is 2.04. The molecule has 0 N–H and O–H groups in total. The van der Waals surface area contributed by atoms with E-state index < -0.39 is 0 Å². The number of fused-ring (bicyclic) bond motifs is 2. The van der Waals surface area contributed by atoms with E-state index in [1.165, 1.54) is 6.42 Å². The zero-order chi connectivity index (χ0) is 13.5. The van der Waals surface area contributed by atoms with Crippen LogP contribution in [0.15, 0.2) is 42.5 Å². The van der Waals surface area contributed by atoms with Crippen molar-refractivity contribution in [3.05, 3.63) is 42.5 Å². The molecule has 4 rings (SSSR count). The minimum atomic E-state index is 0.613. The van der Waals surface area contributed by atoms with Crippen molar-refractivity contribution in [1.82, 2.24) is 15.1 Å². The highest BCUT2D eigenvalue weighted by Crippen LogP contribution is 2.32. The molecule has 0 radical (unpaired) electrons. The van der Waals surface area contributed by atoms with Crippen molar-refractivity contribution >= 4 is 5.82 Å². The molecule has 1 unspecified atom stereocenters. The number of nitrogens with zero attached hydrogens (tertiary/aromatic N) is 4. The van der Waals surface area contributed by atoms with Gasteiger partial charge in [-0.05, 0) is 25.6 Å². The van der Waals surface area contributed by atoms with Crippen LogP contribution in [0.4, 0.5) is 5.82 Å². The second-order valence-corrected chi connectivity index (χ2v) is 5.78. The van der Waals surface area contributed by atoms with Gasteiger partial charge in [0.15, 0.2) is 5.82 Å². The second-order valence-electron chi connectivity index (χ2n) is 5.78. The van der Waals surface area contributed by atoms with Gasteiger partial charge >= 0.3 is 0 Å². The Labute approximate surface area is 119 Å². The van der Waals surface area contributed by atoms with E-state index >= 15 is 0 Å². The lowest BCUT2D eigenvalue weighted by Crippen LogP contribution is -2.44. The van der Waals surface area contributed by atoms with Gasteiger partial charge in [0.05, 0.1) is 5.69 Å². The number of piperazine rings is 1. The van der Waals surface area contributed by atoms with Crippen molar-refractivity contribution in [2.45, 2.75) is 18.5 Å². The Kier molecular flexibility index (Phi) is 2.70. The van der Waals surface area contributed by atoms with Gasteiger partial charge in [0.25, 0.3) is 0 Å². The van der Waals surface area contributed by atoms with Gasteiger partial charge in [-0.1, -0.05) is 30.3 Å². The van der Waals surface area contributed by atoms with Crippen molar-refractivity contribution in [2.75, 3.05) is 25.0 Å². The highest BCUT2D eigenvalue weighted by atomic mass is 15.4. The van der Waals surface area contributed by atoms with Crippen LogP contribution in [-0.2, 0) is 0 Å². The van der Waals surface area contributed by atoms with Crippen molar-refractivity contribution in [3.8, 4) is 11.3 Å². The molecule has 0 spiro atoms. The van der Waals surface area contributed by atoms with E-state index in [4.69, 9.17) is 0 Å². The van der Waals surface area contributed by atoms with E-state index in [-0.39, 0.29) is 0 Å². The molecule has 2 aromatic rings. The van der Waals surface area contributed by atoms with Crippen LogP contribution in [0.1, 0.15) is 6.42 Å².